The molecule has 0 bridgehead atoms. The number of benzene rings is 4. The number of hydrogen-bond acceptors (Lipinski definition) is 2. The summed E-state index contributed by atoms with van der Waals surface area (Å²) in [7, 11) is -4.16. The van der Waals surface area contributed by atoms with Crippen molar-refractivity contribution < 1.29 is 0 Å². The van der Waals surface area contributed by atoms with Crippen molar-refractivity contribution in [3.8, 4) is 0 Å². The van der Waals surface area contributed by atoms with E-state index in [1.165, 1.54) is 77.0 Å². The van der Waals surface area contributed by atoms with Crippen molar-refractivity contribution in [2.75, 3.05) is 9.80 Å². The second-order valence-electron chi connectivity index (χ2n) is 31.6. The lowest BCUT2D eigenvalue weighted by atomic mass is 9.71. The Labute approximate surface area is 509 Å². The van der Waals surface area contributed by atoms with Gasteiger partial charge in [-0.1, -0.05) is 238 Å². The van der Waals surface area contributed by atoms with Gasteiger partial charge in [0.15, 0.2) is 0 Å². The molecule has 3 heterocycles. The minimum Gasteiger partial charge on any atom is -0.342 e. The fourth-order valence-corrected chi connectivity index (χ4v) is 66.2. The zero-order valence-corrected chi connectivity index (χ0v) is 60.6. The van der Waals surface area contributed by atoms with E-state index in [1.807, 2.05) is 21.2 Å². The number of para-hydroxylation sites is 2. The van der Waals surface area contributed by atoms with E-state index in [9.17, 15) is 0 Å². The van der Waals surface area contributed by atoms with E-state index in [4.69, 9.17) is 0 Å². The van der Waals surface area contributed by atoms with Crippen LogP contribution in [0.25, 0.3) is 0 Å². The summed E-state index contributed by atoms with van der Waals surface area (Å²) in [4.78, 5) is 6.59. The summed E-state index contributed by atoms with van der Waals surface area (Å²) in [5.41, 5.74) is 19.9. The van der Waals surface area contributed by atoms with Crippen LogP contribution in [-0.4, -0.2) is 37.2 Å². The van der Waals surface area contributed by atoms with Gasteiger partial charge >= 0.3 is 0 Å². The van der Waals surface area contributed by atoms with Gasteiger partial charge in [-0.3, -0.25) is 0 Å². The third-order valence-corrected chi connectivity index (χ3v) is 59.2. The average Bonchev–Trinajstić information content (AvgIpc) is 3.88. The first-order valence-corrected chi connectivity index (χ1v) is 42.8. The maximum absolute atomic E-state index is 3.29. The molecule has 448 valence electrons. The molecule has 0 radical (unpaired) electrons. The van der Waals surface area contributed by atoms with Crippen LogP contribution in [0, 0.1) is 10.8 Å². The Bertz CT molecular complexity index is 2730. The first-order chi connectivity index (χ1) is 38.4. The minimum absolute atomic E-state index is 0.0303. The molecule has 0 N–H and O–H groups in total. The van der Waals surface area contributed by atoms with Crippen LogP contribution in [-0.2, 0) is 0 Å². The molecule has 0 amide bonds. The Balaban J connectivity index is 1.66. The normalized spacial score (nSPS) is 21.7. The van der Waals surface area contributed by atoms with Gasteiger partial charge in [-0.25, -0.2) is 0 Å². The standard InChI is InChI=1S/C76H116N2P2Si2/c1-47(2)57-41-63(53(13)14)69(64(42-57)54(15)16)79-81(71-75(37-27-25-28-38-75)45-73(21,22)77(71)67-59(49(5)6)33-31-34-60(67)50(7)8)80(70-65(55(17)18)43-58(48(3)4)44-66(70)56(19)20)82(79)72-76(39-29-26-30-40-76)46-74(23,24)78(72)68-61(51(9)10)35-32-36-62(68)52(11)12/h31-36,41-44,47-56H,25-30,37-40,45-46H2,1-24H3. The minimum atomic E-state index is -1.41. The van der Waals surface area contributed by atoms with Gasteiger partial charge in [-0.2, -0.15) is 0 Å². The summed E-state index contributed by atoms with van der Waals surface area (Å²) in [5, 5.41) is 7.89. The fraction of sp³-hybridized carbons (Fsp3) is 0.658. The number of hydrogen-bond donors (Lipinski definition) is 0. The number of nitrogens with zero attached hydrogens (tertiary/aromatic N) is 2. The molecule has 2 nitrogen and oxygen atoms in total. The third kappa shape index (κ3) is 11.2. The van der Waals surface area contributed by atoms with Crippen LogP contribution < -0.4 is 20.4 Å². The summed E-state index contributed by atoms with van der Waals surface area (Å²) in [6.45, 7) is 61.8. The van der Waals surface area contributed by atoms with E-state index < -0.39 is 29.5 Å². The van der Waals surface area contributed by atoms with Crippen molar-refractivity contribution in [1.29, 1.82) is 0 Å². The Kier molecular flexibility index (Phi) is 18.9. The molecule has 3 saturated heterocycles. The summed E-state index contributed by atoms with van der Waals surface area (Å²) in [5.74, 6) is 4.41. The van der Waals surface area contributed by atoms with Crippen molar-refractivity contribution >= 4 is 62.1 Å². The van der Waals surface area contributed by atoms with Crippen LogP contribution in [0.15, 0.2) is 60.7 Å². The van der Waals surface area contributed by atoms with Gasteiger partial charge in [0, 0.05) is 43.9 Å². The lowest BCUT2D eigenvalue weighted by Crippen LogP contribution is -2.56. The average molecular weight is 1180 g/mol. The van der Waals surface area contributed by atoms with E-state index >= 15 is 0 Å². The van der Waals surface area contributed by atoms with Gasteiger partial charge in [0.25, 0.3) is 0 Å². The highest BCUT2D eigenvalue weighted by Crippen LogP contribution is 2.75. The van der Waals surface area contributed by atoms with Crippen LogP contribution in [0.4, 0.5) is 11.4 Å². The van der Waals surface area contributed by atoms with E-state index in [1.54, 1.807) is 67.0 Å². The third-order valence-electron chi connectivity index (χ3n) is 20.9. The molecule has 5 aliphatic rings. The van der Waals surface area contributed by atoms with E-state index in [2.05, 4.69) is 237 Å². The van der Waals surface area contributed by atoms with E-state index in [0.717, 1.165) is 0 Å². The lowest BCUT2D eigenvalue weighted by molar-refractivity contribution is 0.255. The van der Waals surface area contributed by atoms with Crippen molar-refractivity contribution in [3.63, 3.8) is 0 Å². The van der Waals surface area contributed by atoms with Crippen molar-refractivity contribution in [2.24, 2.45) is 10.8 Å². The molecule has 9 rings (SSSR count). The molecule has 4 aromatic rings. The van der Waals surface area contributed by atoms with Crippen LogP contribution in [0.5, 0.6) is 0 Å². The van der Waals surface area contributed by atoms with Gasteiger partial charge in [-0.15, -0.1) is 0 Å². The van der Waals surface area contributed by atoms with Crippen LogP contribution in [0.2, 0.25) is 0 Å². The first-order valence-electron chi connectivity index (χ1n) is 33.7. The summed E-state index contributed by atoms with van der Waals surface area (Å²) >= 11 is 0. The molecule has 82 heavy (non-hydrogen) atoms. The SMILES string of the molecule is CC(C)c1cc(C(C)C)c(P2[Si](=C3N(c4c(C(C)C)cccc4C(C)C)C(C)(C)CC34CCCCC4)P(c3c(C(C)C)cc(C(C)C)cc3C(C)C)[Si]2=C2N(c3c(C(C)C)cccc3C(C)C)C(C)(C)CC23CCCCC3)c(C(C)C)c1. The van der Waals surface area contributed by atoms with Gasteiger partial charge in [0.05, 0.1) is 0 Å². The molecule has 6 heteroatoms. The predicted octanol–water partition coefficient (Wildman–Crippen LogP) is 22.5. The van der Waals surface area contributed by atoms with Gasteiger partial charge in [0.2, 0.25) is 0 Å². The maximum Gasteiger partial charge on any atom is 0.104 e. The highest BCUT2D eigenvalue weighted by atomic mass is 32.0. The molecular formula is C76H116N2P2Si2. The molecule has 5 fully saturated rings. The molecule has 2 spiro atoms. The van der Waals surface area contributed by atoms with Gasteiger partial charge in [-0.05, 0) is 206 Å². The van der Waals surface area contributed by atoms with Crippen LogP contribution in [0.1, 0.15) is 358 Å². The molecular weight excluding hydrogens is 1060 g/mol. The Hall–Kier alpha value is -2.49. The van der Waals surface area contributed by atoms with Crippen molar-refractivity contribution in [1.82, 2.24) is 0 Å². The van der Waals surface area contributed by atoms with Crippen molar-refractivity contribution in [3.05, 3.63) is 116 Å². The van der Waals surface area contributed by atoms with Crippen molar-refractivity contribution in [2.45, 2.75) is 313 Å². The molecule has 0 unspecified atom stereocenters. The lowest BCUT2D eigenvalue weighted by Gasteiger charge is -2.54. The second kappa shape index (κ2) is 24.2. The zero-order valence-electron chi connectivity index (χ0n) is 56.8. The Morgan fingerprint density at radius 3 is 0.805 bits per heavy atom. The second-order valence-corrected chi connectivity index (χ2v) is 51.6. The largest absolute Gasteiger partial charge is 0.342 e. The first kappa shape index (κ1) is 64.0. The van der Waals surface area contributed by atoms with Gasteiger partial charge in [0.1, 0.15) is 15.5 Å². The number of rotatable bonds is 14. The zero-order chi connectivity index (χ0) is 60.0. The topological polar surface area (TPSA) is 6.48 Å². The molecule has 2 aliphatic carbocycles. The Morgan fingerprint density at radius 1 is 0.341 bits per heavy atom. The molecule has 4 aromatic carbocycles. The molecule has 2 saturated carbocycles. The smallest absolute Gasteiger partial charge is 0.104 e. The summed E-state index contributed by atoms with van der Waals surface area (Å²) in [6, 6.07) is 26.4. The highest BCUT2D eigenvalue weighted by Gasteiger charge is 2.64. The maximum atomic E-state index is 3.29. The quantitative estimate of drug-likeness (QED) is 0.0917. The highest BCUT2D eigenvalue weighted by molar-refractivity contribution is 8.63. The molecule has 0 atom stereocenters. The fourth-order valence-electron chi connectivity index (χ4n) is 16.9. The summed E-state index contributed by atoms with van der Waals surface area (Å²) in [6.07, 6.45) is 16.2. The molecule has 0 aromatic heterocycles. The predicted molar refractivity (Wildman–Crippen MR) is 375 cm³/mol. The molecule has 3 aliphatic heterocycles. The van der Waals surface area contributed by atoms with E-state index in [-0.39, 0.29) is 21.9 Å². The monoisotopic (exact) mass is 1170 g/mol. The van der Waals surface area contributed by atoms with Crippen LogP contribution >= 0.6 is 14.0 Å². The number of anilines is 2. The van der Waals surface area contributed by atoms with Gasteiger partial charge < -0.3 is 9.80 Å². The Morgan fingerprint density at radius 2 is 0.585 bits per heavy atom. The van der Waals surface area contributed by atoms with E-state index in [0.29, 0.717) is 59.2 Å². The summed E-state index contributed by atoms with van der Waals surface area (Å²) < 4.78 is 0. The van der Waals surface area contributed by atoms with Crippen LogP contribution in [0.3, 0.4) is 0 Å².